The Morgan fingerprint density at radius 1 is 0.949 bits per heavy atom. The van der Waals surface area contributed by atoms with E-state index in [1.54, 1.807) is 0 Å². The molecule has 2 saturated heterocycles. The predicted molar refractivity (Wildman–Crippen MR) is 148 cm³/mol. The number of rotatable bonds is 12. The first-order chi connectivity index (χ1) is 18.8. The van der Waals surface area contributed by atoms with Gasteiger partial charge in [0.05, 0.1) is 6.04 Å². The molecule has 208 valence electrons. The van der Waals surface area contributed by atoms with Gasteiger partial charge in [-0.3, -0.25) is 14.4 Å². The lowest BCUT2D eigenvalue weighted by atomic mass is 9.89. The number of aryl methyl sites for hydroxylation is 1. The molecular weight excluding hydrogens is 494 g/mol. The fourth-order valence-corrected chi connectivity index (χ4v) is 5.69. The molecular formula is C31H39N3O5. The van der Waals surface area contributed by atoms with Crippen molar-refractivity contribution >= 4 is 23.6 Å². The standard InChI is InChI=1S/C31H39N3O5/c1-21-11-13-23(14-12-21)17-24(30(37)34-16-6-10-28(34)31(38)39)19-26(35)20-25(18-22-7-3-2-4-8-22)33-29(36)27-9-5-15-32-27/h2-4,7-8,11-14,24-25,27-28,32H,5-6,9-10,15-20H2,1H3,(H,33,36)(H,38,39)/t24-,25+,27+,28+/m1/s1. The van der Waals surface area contributed by atoms with E-state index in [-0.39, 0.29) is 36.5 Å². The largest absolute Gasteiger partial charge is 0.480 e. The van der Waals surface area contributed by atoms with Gasteiger partial charge in [0.25, 0.3) is 0 Å². The second-order valence-electron chi connectivity index (χ2n) is 10.9. The molecule has 2 aromatic carbocycles. The van der Waals surface area contributed by atoms with Crippen molar-refractivity contribution in [3.8, 4) is 0 Å². The summed E-state index contributed by atoms with van der Waals surface area (Å²) in [6.45, 7) is 3.17. The summed E-state index contributed by atoms with van der Waals surface area (Å²) in [5.74, 6) is -2.17. The number of carboxylic acid groups (broad SMARTS) is 1. The SMILES string of the molecule is Cc1ccc(C[C@H](CC(=O)C[C@H](Cc2ccccc2)NC(=O)[C@@H]2CCCN2)C(=O)N2CCC[C@H]2C(=O)O)cc1. The lowest BCUT2D eigenvalue weighted by Gasteiger charge is -2.27. The Morgan fingerprint density at radius 2 is 1.67 bits per heavy atom. The third-order valence-electron chi connectivity index (χ3n) is 7.77. The topological polar surface area (TPSA) is 116 Å². The summed E-state index contributed by atoms with van der Waals surface area (Å²) in [6.07, 6.45) is 3.74. The smallest absolute Gasteiger partial charge is 0.326 e. The molecule has 2 aliphatic heterocycles. The van der Waals surface area contributed by atoms with Gasteiger partial charge in [0.2, 0.25) is 11.8 Å². The van der Waals surface area contributed by atoms with Crippen molar-refractivity contribution in [3.05, 3.63) is 71.3 Å². The molecule has 2 aliphatic rings. The molecule has 2 fully saturated rings. The van der Waals surface area contributed by atoms with Crippen LogP contribution in [0.3, 0.4) is 0 Å². The van der Waals surface area contributed by atoms with Crippen molar-refractivity contribution in [2.24, 2.45) is 5.92 Å². The zero-order chi connectivity index (χ0) is 27.8. The second kappa shape index (κ2) is 13.5. The lowest BCUT2D eigenvalue weighted by molar-refractivity contribution is -0.150. The molecule has 0 aromatic heterocycles. The van der Waals surface area contributed by atoms with Crippen LogP contribution in [0.2, 0.25) is 0 Å². The maximum Gasteiger partial charge on any atom is 0.326 e. The van der Waals surface area contributed by atoms with Crippen LogP contribution in [0.1, 0.15) is 55.2 Å². The van der Waals surface area contributed by atoms with E-state index in [1.165, 1.54) is 4.90 Å². The third kappa shape index (κ3) is 7.99. The van der Waals surface area contributed by atoms with Gasteiger partial charge in [0.1, 0.15) is 11.8 Å². The van der Waals surface area contributed by atoms with Crippen molar-refractivity contribution in [2.75, 3.05) is 13.1 Å². The zero-order valence-corrected chi connectivity index (χ0v) is 22.6. The Morgan fingerprint density at radius 3 is 2.33 bits per heavy atom. The van der Waals surface area contributed by atoms with Gasteiger partial charge in [-0.2, -0.15) is 0 Å². The number of ketones is 1. The van der Waals surface area contributed by atoms with Crippen LogP contribution in [0.25, 0.3) is 0 Å². The van der Waals surface area contributed by atoms with E-state index in [4.69, 9.17) is 0 Å². The Hall–Kier alpha value is -3.52. The molecule has 3 N–H and O–H groups in total. The van der Waals surface area contributed by atoms with Gasteiger partial charge in [-0.05, 0) is 63.1 Å². The highest BCUT2D eigenvalue weighted by atomic mass is 16.4. The van der Waals surface area contributed by atoms with Gasteiger partial charge in [-0.25, -0.2) is 4.79 Å². The van der Waals surface area contributed by atoms with Crippen LogP contribution in [-0.4, -0.2) is 64.8 Å². The van der Waals surface area contributed by atoms with Crippen LogP contribution in [-0.2, 0) is 32.0 Å². The minimum Gasteiger partial charge on any atom is -0.480 e. The number of carbonyl (C=O) groups excluding carboxylic acids is 3. The molecule has 2 aromatic rings. The van der Waals surface area contributed by atoms with E-state index < -0.39 is 24.0 Å². The van der Waals surface area contributed by atoms with E-state index in [0.717, 1.165) is 36.1 Å². The number of Topliss-reactive ketones (excluding diaryl/α,β-unsaturated/α-hetero) is 1. The third-order valence-corrected chi connectivity index (χ3v) is 7.77. The normalized spacial score (nSPS) is 20.4. The lowest BCUT2D eigenvalue weighted by Crippen LogP contribution is -2.47. The molecule has 2 heterocycles. The van der Waals surface area contributed by atoms with Crippen LogP contribution < -0.4 is 10.6 Å². The van der Waals surface area contributed by atoms with Crippen LogP contribution in [0.15, 0.2) is 54.6 Å². The first-order valence-electron chi connectivity index (χ1n) is 14.0. The highest BCUT2D eigenvalue weighted by molar-refractivity contribution is 5.90. The number of nitrogens with zero attached hydrogens (tertiary/aromatic N) is 1. The molecule has 4 atom stereocenters. The first-order valence-corrected chi connectivity index (χ1v) is 14.0. The number of nitrogens with one attached hydrogen (secondary N) is 2. The molecule has 0 spiro atoms. The summed E-state index contributed by atoms with van der Waals surface area (Å²) in [7, 11) is 0. The number of benzene rings is 2. The van der Waals surface area contributed by atoms with Gasteiger partial charge in [-0.1, -0.05) is 60.2 Å². The first kappa shape index (κ1) is 28.5. The minimum atomic E-state index is -1.01. The summed E-state index contributed by atoms with van der Waals surface area (Å²) < 4.78 is 0. The fraction of sp³-hybridized carbons (Fsp3) is 0.484. The Bertz CT molecular complexity index is 1140. The van der Waals surface area contributed by atoms with Gasteiger partial charge in [-0.15, -0.1) is 0 Å². The van der Waals surface area contributed by atoms with Gasteiger partial charge < -0.3 is 20.6 Å². The van der Waals surface area contributed by atoms with Crippen molar-refractivity contribution in [2.45, 2.75) is 76.4 Å². The molecule has 0 saturated carbocycles. The number of aliphatic carboxylic acids is 1. The summed E-state index contributed by atoms with van der Waals surface area (Å²) in [6, 6.07) is 16.1. The molecule has 8 heteroatoms. The Kier molecular flexibility index (Phi) is 9.87. The number of carbonyl (C=O) groups is 4. The maximum absolute atomic E-state index is 13.6. The molecule has 4 rings (SSSR count). The number of hydrogen-bond acceptors (Lipinski definition) is 5. The molecule has 8 nitrogen and oxygen atoms in total. The highest BCUT2D eigenvalue weighted by Gasteiger charge is 2.38. The predicted octanol–water partition coefficient (Wildman–Crippen LogP) is 3.06. The van der Waals surface area contributed by atoms with Gasteiger partial charge in [0.15, 0.2) is 0 Å². The number of carboxylic acids is 1. The van der Waals surface area contributed by atoms with E-state index in [1.807, 2.05) is 61.5 Å². The molecule has 0 aliphatic carbocycles. The average Bonchev–Trinajstić information content (AvgIpc) is 3.63. The fourth-order valence-electron chi connectivity index (χ4n) is 5.69. The molecule has 39 heavy (non-hydrogen) atoms. The van der Waals surface area contributed by atoms with Crippen LogP contribution in [0.5, 0.6) is 0 Å². The maximum atomic E-state index is 13.6. The van der Waals surface area contributed by atoms with Gasteiger partial charge in [0, 0.05) is 31.3 Å². The van der Waals surface area contributed by atoms with Crippen LogP contribution >= 0.6 is 0 Å². The van der Waals surface area contributed by atoms with Crippen molar-refractivity contribution in [3.63, 3.8) is 0 Å². The quantitative estimate of drug-likeness (QED) is 0.386. The number of hydrogen-bond donors (Lipinski definition) is 3. The highest BCUT2D eigenvalue weighted by Crippen LogP contribution is 2.25. The average molecular weight is 534 g/mol. The van der Waals surface area contributed by atoms with E-state index in [2.05, 4.69) is 10.6 Å². The minimum absolute atomic E-state index is 0.00160. The summed E-state index contributed by atoms with van der Waals surface area (Å²) in [5, 5.41) is 15.9. The Labute approximate surface area is 230 Å². The molecule has 0 bridgehead atoms. The van der Waals surface area contributed by atoms with Gasteiger partial charge >= 0.3 is 5.97 Å². The van der Waals surface area contributed by atoms with Crippen molar-refractivity contribution in [1.82, 2.24) is 15.5 Å². The van der Waals surface area contributed by atoms with Crippen LogP contribution in [0.4, 0.5) is 0 Å². The van der Waals surface area contributed by atoms with E-state index in [0.29, 0.717) is 32.2 Å². The van der Waals surface area contributed by atoms with E-state index in [9.17, 15) is 24.3 Å². The van der Waals surface area contributed by atoms with Crippen molar-refractivity contribution < 1.29 is 24.3 Å². The molecule has 0 unspecified atom stereocenters. The Balaban J connectivity index is 1.49. The zero-order valence-electron chi connectivity index (χ0n) is 22.6. The molecule has 2 amide bonds. The van der Waals surface area contributed by atoms with Crippen molar-refractivity contribution in [1.29, 1.82) is 0 Å². The summed E-state index contributed by atoms with van der Waals surface area (Å²) in [5.41, 5.74) is 3.04. The van der Waals surface area contributed by atoms with E-state index >= 15 is 0 Å². The number of amides is 2. The van der Waals surface area contributed by atoms with Crippen LogP contribution in [0, 0.1) is 12.8 Å². The summed E-state index contributed by atoms with van der Waals surface area (Å²) >= 11 is 0. The second-order valence-corrected chi connectivity index (χ2v) is 10.9. The molecule has 0 radical (unpaired) electrons. The monoisotopic (exact) mass is 533 g/mol. The summed E-state index contributed by atoms with van der Waals surface area (Å²) in [4.78, 5) is 53.2. The number of likely N-dealkylation sites (tertiary alicyclic amines) is 1.